The number of halogens is 1. The molecule has 5 heteroatoms. The maximum Gasteiger partial charge on any atom is 0.407 e. The fourth-order valence-electron chi connectivity index (χ4n) is 1.78. The third-order valence-electron chi connectivity index (χ3n) is 2.79. The van der Waals surface area contributed by atoms with Gasteiger partial charge < -0.3 is 10.1 Å². The van der Waals surface area contributed by atoms with Gasteiger partial charge in [-0.1, -0.05) is 19.1 Å². The van der Waals surface area contributed by atoms with Crippen molar-refractivity contribution >= 4 is 11.9 Å². The van der Waals surface area contributed by atoms with Crippen LogP contribution in [-0.2, 0) is 4.74 Å². The van der Waals surface area contributed by atoms with Crippen LogP contribution in [0.4, 0.5) is 9.18 Å². The number of nitrogens with one attached hydrogen (secondary N) is 1. The average molecular weight is 295 g/mol. The Bertz CT molecular complexity index is 508. The first-order valence-corrected chi connectivity index (χ1v) is 6.99. The van der Waals surface area contributed by atoms with Crippen LogP contribution in [0.2, 0.25) is 0 Å². The zero-order chi connectivity index (χ0) is 16.0. The molecule has 1 rings (SSSR count). The number of rotatable bonds is 5. The molecule has 1 atom stereocenters. The smallest absolute Gasteiger partial charge is 0.407 e. The van der Waals surface area contributed by atoms with E-state index in [0.29, 0.717) is 12.0 Å². The number of Topliss-reactive ketones (excluding diaryl/α,β-unsaturated/α-hetero) is 1. The number of benzene rings is 1. The van der Waals surface area contributed by atoms with Gasteiger partial charge >= 0.3 is 6.09 Å². The number of hydrogen-bond acceptors (Lipinski definition) is 3. The van der Waals surface area contributed by atoms with E-state index in [-0.39, 0.29) is 18.2 Å². The quantitative estimate of drug-likeness (QED) is 0.843. The lowest BCUT2D eigenvalue weighted by molar-refractivity contribution is 0.0500. The Kier molecular flexibility index (Phi) is 5.88. The van der Waals surface area contributed by atoms with E-state index in [0.717, 1.165) is 0 Å². The Morgan fingerprint density at radius 1 is 1.33 bits per heavy atom. The molecule has 0 aromatic heterocycles. The molecule has 0 aliphatic carbocycles. The standard InChI is InChI=1S/C16H22FNO3/c1-5-13(18-15(20)21-16(2,3)4)10-14(19)11-7-6-8-12(17)9-11/h6-9,13H,5,10H2,1-4H3,(H,18,20). The van der Waals surface area contributed by atoms with Gasteiger partial charge in [0.2, 0.25) is 0 Å². The predicted octanol–water partition coefficient (Wildman–Crippen LogP) is 3.70. The van der Waals surface area contributed by atoms with Crippen LogP contribution in [0.5, 0.6) is 0 Å². The molecule has 116 valence electrons. The monoisotopic (exact) mass is 295 g/mol. The first kappa shape index (κ1) is 17.1. The van der Waals surface area contributed by atoms with Crippen LogP contribution in [0, 0.1) is 5.82 Å². The number of ether oxygens (including phenoxy) is 1. The second-order valence-corrected chi connectivity index (χ2v) is 5.89. The minimum atomic E-state index is -0.588. The van der Waals surface area contributed by atoms with Crippen molar-refractivity contribution < 1.29 is 18.7 Å². The normalized spacial score (nSPS) is 12.6. The van der Waals surface area contributed by atoms with Gasteiger partial charge in [0.05, 0.1) is 0 Å². The minimum Gasteiger partial charge on any atom is -0.444 e. The summed E-state index contributed by atoms with van der Waals surface area (Å²) in [6.45, 7) is 7.17. The first-order valence-electron chi connectivity index (χ1n) is 6.99. The molecule has 1 amide bonds. The number of ketones is 1. The Morgan fingerprint density at radius 3 is 2.52 bits per heavy atom. The third-order valence-corrected chi connectivity index (χ3v) is 2.79. The van der Waals surface area contributed by atoms with Crippen LogP contribution in [0.25, 0.3) is 0 Å². The lowest BCUT2D eigenvalue weighted by Gasteiger charge is -2.22. The molecular weight excluding hydrogens is 273 g/mol. The molecule has 1 N–H and O–H groups in total. The highest BCUT2D eigenvalue weighted by molar-refractivity contribution is 5.96. The largest absolute Gasteiger partial charge is 0.444 e. The van der Waals surface area contributed by atoms with E-state index in [1.165, 1.54) is 18.2 Å². The Balaban J connectivity index is 2.62. The molecule has 0 bridgehead atoms. The second-order valence-electron chi connectivity index (χ2n) is 5.89. The highest BCUT2D eigenvalue weighted by atomic mass is 19.1. The molecule has 1 aromatic rings. The number of hydrogen-bond donors (Lipinski definition) is 1. The summed E-state index contributed by atoms with van der Waals surface area (Å²) in [5.74, 6) is -0.661. The van der Waals surface area contributed by atoms with Crippen molar-refractivity contribution in [3.8, 4) is 0 Å². The topological polar surface area (TPSA) is 55.4 Å². The molecule has 0 saturated heterocycles. The molecule has 0 fully saturated rings. The van der Waals surface area contributed by atoms with Gasteiger partial charge in [-0.2, -0.15) is 0 Å². The molecule has 0 heterocycles. The summed E-state index contributed by atoms with van der Waals surface area (Å²) >= 11 is 0. The molecule has 0 spiro atoms. The van der Waals surface area contributed by atoms with Gasteiger partial charge in [0.25, 0.3) is 0 Å². The van der Waals surface area contributed by atoms with E-state index < -0.39 is 17.5 Å². The van der Waals surface area contributed by atoms with Crippen molar-refractivity contribution in [1.29, 1.82) is 0 Å². The SMILES string of the molecule is CCC(CC(=O)c1cccc(F)c1)NC(=O)OC(C)(C)C. The summed E-state index contributed by atoms with van der Waals surface area (Å²) in [5.41, 5.74) is -0.283. The molecule has 0 radical (unpaired) electrons. The maximum atomic E-state index is 13.1. The molecule has 1 unspecified atom stereocenters. The van der Waals surface area contributed by atoms with Crippen LogP contribution >= 0.6 is 0 Å². The van der Waals surface area contributed by atoms with Gasteiger partial charge in [0, 0.05) is 18.0 Å². The van der Waals surface area contributed by atoms with Crippen LogP contribution in [0.1, 0.15) is 50.9 Å². The third kappa shape index (κ3) is 6.38. The van der Waals surface area contributed by atoms with Crippen LogP contribution in [-0.4, -0.2) is 23.5 Å². The predicted molar refractivity (Wildman–Crippen MR) is 78.8 cm³/mol. The number of carbonyl (C=O) groups is 2. The van der Waals surface area contributed by atoms with E-state index in [1.807, 2.05) is 6.92 Å². The van der Waals surface area contributed by atoms with Crippen LogP contribution in [0.3, 0.4) is 0 Å². The molecular formula is C16H22FNO3. The summed E-state index contributed by atoms with van der Waals surface area (Å²) in [4.78, 5) is 23.8. The molecule has 1 aromatic carbocycles. The maximum absolute atomic E-state index is 13.1. The fraction of sp³-hybridized carbons (Fsp3) is 0.500. The number of carbonyl (C=O) groups excluding carboxylic acids is 2. The van der Waals surface area contributed by atoms with Gasteiger partial charge in [-0.05, 0) is 39.3 Å². The summed E-state index contributed by atoms with van der Waals surface area (Å²) in [6.07, 6.45) is 0.140. The Morgan fingerprint density at radius 2 is 2.00 bits per heavy atom. The van der Waals surface area contributed by atoms with Gasteiger partial charge in [0.1, 0.15) is 11.4 Å². The Hall–Kier alpha value is -1.91. The summed E-state index contributed by atoms with van der Waals surface area (Å²) in [6, 6.07) is 5.20. The number of amides is 1. The van der Waals surface area contributed by atoms with Gasteiger partial charge in [0.15, 0.2) is 5.78 Å². The van der Waals surface area contributed by atoms with Crippen molar-refractivity contribution in [2.75, 3.05) is 0 Å². The van der Waals surface area contributed by atoms with E-state index in [2.05, 4.69) is 5.32 Å². The average Bonchev–Trinajstić information content (AvgIpc) is 2.35. The molecule has 0 aliphatic rings. The zero-order valence-corrected chi connectivity index (χ0v) is 12.9. The van der Waals surface area contributed by atoms with Crippen molar-refractivity contribution in [2.24, 2.45) is 0 Å². The van der Waals surface area contributed by atoms with Crippen molar-refractivity contribution in [3.63, 3.8) is 0 Å². The van der Waals surface area contributed by atoms with E-state index >= 15 is 0 Å². The molecule has 0 aliphatic heterocycles. The fourth-order valence-corrected chi connectivity index (χ4v) is 1.78. The van der Waals surface area contributed by atoms with Crippen LogP contribution in [0.15, 0.2) is 24.3 Å². The van der Waals surface area contributed by atoms with E-state index in [4.69, 9.17) is 4.74 Å². The first-order chi connectivity index (χ1) is 9.71. The van der Waals surface area contributed by atoms with Crippen LogP contribution < -0.4 is 5.32 Å². The summed E-state index contributed by atoms with van der Waals surface area (Å²) in [7, 11) is 0. The molecule has 0 saturated carbocycles. The highest BCUT2D eigenvalue weighted by Gasteiger charge is 2.20. The summed E-state index contributed by atoms with van der Waals surface area (Å²) < 4.78 is 18.3. The zero-order valence-electron chi connectivity index (χ0n) is 12.9. The van der Waals surface area contributed by atoms with Gasteiger partial charge in [-0.3, -0.25) is 4.79 Å². The minimum absolute atomic E-state index is 0.110. The van der Waals surface area contributed by atoms with Gasteiger partial charge in [-0.15, -0.1) is 0 Å². The van der Waals surface area contributed by atoms with Crippen molar-refractivity contribution in [2.45, 2.75) is 52.2 Å². The molecule has 4 nitrogen and oxygen atoms in total. The van der Waals surface area contributed by atoms with Crippen molar-refractivity contribution in [3.05, 3.63) is 35.6 Å². The van der Waals surface area contributed by atoms with Gasteiger partial charge in [-0.25, -0.2) is 9.18 Å². The molecule has 21 heavy (non-hydrogen) atoms. The van der Waals surface area contributed by atoms with E-state index in [9.17, 15) is 14.0 Å². The second kappa shape index (κ2) is 7.20. The lowest BCUT2D eigenvalue weighted by Crippen LogP contribution is -2.39. The summed E-state index contributed by atoms with van der Waals surface area (Å²) in [5, 5.41) is 2.66. The van der Waals surface area contributed by atoms with E-state index in [1.54, 1.807) is 26.8 Å². The highest BCUT2D eigenvalue weighted by Crippen LogP contribution is 2.11. The number of alkyl carbamates (subject to hydrolysis) is 1. The van der Waals surface area contributed by atoms with Crippen molar-refractivity contribution in [1.82, 2.24) is 5.32 Å². The Labute approximate surface area is 124 Å². The lowest BCUT2D eigenvalue weighted by atomic mass is 10.0.